The number of nitro groups is 1. The molecule has 0 atom stereocenters. The van der Waals surface area contributed by atoms with Crippen LogP contribution in [0.3, 0.4) is 0 Å². The summed E-state index contributed by atoms with van der Waals surface area (Å²) in [5.41, 5.74) is 4.60. The molecule has 0 radical (unpaired) electrons. The molecule has 21 heavy (non-hydrogen) atoms. The molecule has 5 nitrogen and oxygen atoms in total. The molecule has 0 heterocycles. The summed E-state index contributed by atoms with van der Waals surface area (Å²) in [5.74, 6) is 1.05. The molecule has 0 aromatic heterocycles. The zero-order valence-electron chi connectivity index (χ0n) is 11.5. The zero-order valence-corrected chi connectivity index (χ0v) is 12.3. The van der Waals surface area contributed by atoms with E-state index in [9.17, 15) is 10.1 Å². The van der Waals surface area contributed by atoms with Crippen LogP contribution in [0.1, 0.15) is 12.5 Å². The molecule has 0 spiro atoms. The minimum absolute atomic E-state index is 0.0635. The number of thioether (sulfide) groups is 1. The van der Waals surface area contributed by atoms with Crippen molar-refractivity contribution in [2.45, 2.75) is 11.8 Å². The minimum atomic E-state index is -0.428. The molecule has 0 bridgehead atoms. The number of hydrazone groups is 1. The second kappa shape index (κ2) is 7.44. The van der Waals surface area contributed by atoms with Crippen molar-refractivity contribution in [2.24, 2.45) is 5.10 Å². The molecular weight excluding hydrogens is 286 g/mol. The first kappa shape index (κ1) is 15.1. The van der Waals surface area contributed by atoms with Gasteiger partial charge >= 0.3 is 0 Å². The molecule has 0 aliphatic rings. The molecule has 0 aliphatic carbocycles. The second-order valence-electron chi connectivity index (χ2n) is 4.18. The van der Waals surface area contributed by atoms with Crippen molar-refractivity contribution in [1.82, 2.24) is 0 Å². The smallest absolute Gasteiger partial charge is 0.269 e. The Morgan fingerprint density at radius 3 is 2.43 bits per heavy atom. The molecule has 6 heteroatoms. The van der Waals surface area contributed by atoms with Crippen molar-refractivity contribution in [3.05, 3.63) is 64.2 Å². The minimum Gasteiger partial charge on any atom is -0.278 e. The van der Waals surface area contributed by atoms with Crippen molar-refractivity contribution in [2.75, 3.05) is 11.2 Å². The Hall–Kier alpha value is -2.34. The van der Waals surface area contributed by atoms with Gasteiger partial charge in [-0.05, 0) is 35.6 Å². The number of nitrogens with zero attached hydrogens (tertiary/aromatic N) is 2. The highest BCUT2D eigenvalue weighted by molar-refractivity contribution is 7.99. The molecule has 2 aromatic rings. The lowest BCUT2D eigenvalue weighted by Crippen LogP contribution is -1.92. The molecule has 2 rings (SSSR count). The van der Waals surface area contributed by atoms with Crippen molar-refractivity contribution >= 4 is 29.4 Å². The van der Waals surface area contributed by atoms with Crippen molar-refractivity contribution in [1.29, 1.82) is 0 Å². The topological polar surface area (TPSA) is 67.5 Å². The Labute approximate surface area is 127 Å². The van der Waals surface area contributed by atoms with Gasteiger partial charge in [-0.2, -0.15) is 5.10 Å². The molecule has 1 N–H and O–H groups in total. The maximum absolute atomic E-state index is 10.5. The zero-order chi connectivity index (χ0) is 15.1. The predicted octanol–water partition coefficient (Wildman–Crippen LogP) is 4.15. The van der Waals surface area contributed by atoms with Crippen molar-refractivity contribution in [3.8, 4) is 0 Å². The summed E-state index contributed by atoms with van der Waals surface area (Å²) in [6.45, 7) is 2.12. The fraction of sp³-hybridized carbons (Fsp3) is 0.133. The third-order valence-corrected chi connectivity index (χ3v) is 3.57. The third kappa shape index (κ3) is 4.61. The van der Waals surface area contributed by atoms with E-state index in [1.165, 1.54) is 17.0 Å². The average molecular weight is 301 g/mol. The normalized spacial score (nSPS) is 10.7. The van der Waals surface area contributed by atoms with E-state index in [4.69, 9.17) is 0 Å². The first-order valence-electron chi connectivity index (χ1n) is 6.45. The number of nitrogens with one attached hydrogen (secondary N) is 1. The van der Waals surface area contributed by atoms with E-state index >= 15 is 0 Å². The van der Waals surface area contributed by atoms with E-state index < -0.39 is 4.92 Å². The molecule has 0 unspecified atom stereocenters. The maximum Gasteiger partial charge on any atom is 0.269 e. The number of benzene rings is 2. The van der Waals surface area contributed by atoms with E-state index in [0.717, 1.165) is 11.3 Å². The fourth-order valence-electron chi connectivity index (χ4n) is 1.66. The van der Waals surface area contributed by atoms with E-state index in [-0.39, 0.29) is 5.69 Å². The standard InChI is InChI=1S/C15H15N3O2S/c1-2-21-15-9-3-12(4-10-15)11-16-17-13-5-7-14(8-6-13)18(19)20/h3-11,17H,2H2,1H3. The molecule has 2 aromatic carbocycles. The summed E-state index contributed by atoms with van der Waals surface area (Å²) >= 11 is 1.79. The van der Waals surface area contributed by atoms with Gasteiger partial charge in [-0.15, -0.1) is 11.8 Å². The number of anilines is 1. The predicted molar refractivity (Wildman–Crippen MR) is 87.2 cm³/mol. The summed E-state index contributed by atoms with van der Waals surface area (Å²) in [4.78, 5) is 11.3. The molecule has 0 amide bonds. The number of hydrogen-bond donors (Lipinski definition) is 1. The average Bonchev–Trinajstić information content (AvgIpc) is 2.50. The van der Waals surface area contributed by atoms with Crippen molar-refractivity contribution < 1.29 is 4.92 Å². The van der Waals surface area contributed by atoms with Gasteiger partial charge in [0.15, 0.2) is 0 Å². The number of rotatable bonds is 6. The van der Waals surface area contributed by atoms with Gasteiger partial charge in [0, 0.05) is 17.0 Å². The van der Waals surface area contributed by atoms with Gasteiger partial charge in [0.2, 0.25) is 0 Å². The Morgan fingerprint density at radius 1 is 1.19 bits per heavy atom. The van der Waals surface area contributed by atoms with Crippen LogP contribution >= 0.6 is 11.8 Å². The lowest BCUT2D eigenvalue weighted by Gasteiger charge is -2.00. The lowest BCUT2D eigenvalue weighted by atomic mass is 10.2. The van der Waals surface area contributed by atoms with Gasteiger partial charge in [-0.25, -0.2) is 0 Å². The largest absolute Gasteiger partial charge is 0.278 e. The Kier molecular flexibility index (Phi) is 5.34. The van der Waals surface area contributed by atoms with E-state index in [1.807, 2.05) is 12.1 Å². The fourth-order valence-corrected chi connectivity index (χ4v) is 2.32. The highest BCUT2D eigenvalue weighted by Crippen LogP contribution is 2.17. The van der Waals surface area contributed by atoms with Crippen LogP contribution in [-0.2, 0) is 0 Å². The molecule has 0 saturated carbocycles. The second-order valence-corrected chi connectivity index (χ2v) is 5.51. The molecule has 0 saturated heterocycles. The highest BCUT2D eigenvalue weighted by atomic mass is 32.2. The quantitative estimate of drug-likeness (QED) is 0.376. The van der Waals surface area contributed by atoms with Crippen LogP contribution in [0, 0.1) is 10.1 Å². The van der Waals surface area contributed by atoms with Crippen LogP contribution in [0.15, 0.2) is 58.5 Å². The Balaban J connectivity index is 1.93. The summed E-state index contributed by atoms with van der Waals surface area (Å²) in [6.07, 6.45) is 1.71. The molecular formula is C15H15N3O2S. The van der Waals surface area contributed by atoms with Crippen molar-refractivity contribution in [3.63, 3.8) is 0 Å². The Morgan fingerprint density at radius 2 is 1.86 bits per heavy atom. The van der Waals surface area contributed by atoms with Gasteiger partial charge in [0.05, 0.1) is 16.8 Å². The lowest BCUT2D eigenvalue weighted by molar-refractivity contribution is -0.384. The summed E-state index contributed by atoms with van der Waals surface area (Å²) in [5, 5.41) is 14.6. The summed E-state index contributed by atoms with van der Waals surface area (Å²) < 4.78 is 0. The van der Waals surface area contributed by atoms with Crippen LogP contribution in [-0.4, -0.2) is 16.9 Å². The molecule has 108 valence electrons. The Bertz CT molecular complexity index is 624. The van der Waals surface area contributed by atoms with Crippen LogP contribution < -0.4 is 5.43 Å². The molecule has 0 fully saturated rings. The van der Waals surface area contributed by atoms with Crippen LogP contribution in [0.25, 0.3) is 0 Å². The van der Waals surface area contributed by atoms with Gasteiger partial charge < -0.3 is 0 Å². The SMILES string of the molecule is CCSc1ccc(C=NNc2ccc([N+](=O)[O-])cc2)cc1. The van der Waals surface area contributed by atoms with Gasteiger partial charge in [-0.3, -0.25) is 15.5 Å². The first-order valence-corrected chi connectivity index (χ1v) is 7.44. The maximum atomic E-state index is 10.5. The third-order valence-electron chi connectivity index (χ3n) is 2.68. The highest BCUT2D eigenvalue weighted by Gasteiger charge is 2.02. The number of non-ortho nitro benzene ring substituents is 1. The van der Waals surface area contributed by atoms with E-state index in [1.54, 1.807) is 30.1 Å². The van der Waals surface area contributed by atoms with Gasteiger partial charge in [0.1, 0.15) is 0 Å². The van der Waals surface area contributed by atoms with Crippen LogP contribution in [0.5, 0.6) is 0 Å². The number of nitro benzene ring substituents is 1. The van der Waals surface area contributed by atoms with Gasteiger partial charge in [-0.1, -0.05) is 19.1 Å². The molecule has 0 aliphatic heterocycles. The van der Waals surface area contributed by atoms with E-state index in [2.05, 4.69) is 29.6 Å². The summed E-state index contributed by atoms with van der Waals surface area (Å²) in [6, 6.07) is 14.2. The monoisotopic (exact) mass is 301 g/mol. The number of hydrogen-bond acceptors (Lipinski definition) is 5. The summed E-state index contributed by atoms with van der Waals surface area (Å²) in [7, 11) is 0. The van der Waals surface area contributed by atoms with Crippen LogP contribution in [0.4, 0.5) is 11.4 Å². The first-order chi connectivity index (χ1) is 10.2. The van der Waals surface area contributed by atoms with Gasteiger partial charge in [0.25, 0.3) is 5.69 Å². The van der Waals surface area contributed by atoms with Crippen LogP contribution in [0.2, 0.25) is 0 Å². The van der Waals surface area contributed by atoms with E-state index in [0.29, 0.717) is 5.69 Å².